The highest BCUT2D eigenvalue weighted by Crippen LogP contribution is 2.58. The number of benzene rings is 1. The van der Waals surface area contributed by atoms with Gasteiger partial charge in [0.1, 0.15) is 5.82 Å². The largest absolute Gasteiger partial charge is 0.314 e. The Morgan fingerprint density at radius 1 is 1.47 bits per heavy atom. The third-order valence-corrected chi connectivity index (χ3v) is 3.80. The van der Waals surface area contributed by atoms with Crippen LogP contribution in [-0.2, 0) is 10.2 Å². The second kappa shape index (κ2) is 2.61. The maximum Gasteiger partial charge on any atom is 0.237 e. The molecule has 15 heavy (non-hydrogen) atoms. The van der Waals surface area contributed by atoms with Gasteiger partial charge in [0.15, 0.2) is 0 Å². The summed E-state index contributed by atoms with van der Waals surface area (Å²) in [4.78, 5) is 13.5. The molecule has 4 heteroatoms. The van der Waals surface area contributed by atoms with E-state index in [4.69, 9.17) is 0 Å². The van der Waals surface area contributed by atoms with Crippen molar-refractivity contribution in [3.8, 4) is 0 Å². The summed E-state index contributed by atoms with van der Waals surface area (Å²) in [5.41, 5.74) is 0.789. The number of amides is 1. The van der Waals surface area contributed by atoms with Crippen LogP contribution in [-0.4, -0.2) is 13.0 Å². The van der Waals surface area contributed by atoms with Crippen molar-refractivity contribution < 1.29 is 9.18 Å². The van der Waals surface area contributed by atoms with Gasteiger partial charge in [-0.3, -0.25) is 4.79 Å². The van der Waals surface area contributed by atoms with Gasteiger partial charge in [-0.15, -0.1) is 0 Å². The first-order chi connectivity index (χ1) is 7.06. The molecule has 0 atom stereocenters. The van der Waals surface area contributed by atoms with E-state index in [1.807, 2.05) is 6.07 Å². The molecule has 0 saturated heterocycles. The predicted octanol–water partition coefficient (Wildman–Crippen LogP) is 2.60. The summed E-state index contributed by atoms with van der Waals surface area (Å²) in [6.45, 7) is 0. The van der Waals surface area contributed by atoms with Gasteiger partial charge in [-0.25, -0.2) is 4.39 Å². The molecule has 0 aromatic heterocycles. The van der Waals surface area contributed by atoms with Crippen molar-refractivity contribution in [3.05, 3.63) is 28.0 Å². The normalized spacial score (nSPS) is 21.0. The first-order valence-corrected chi connectivity index (χ1v) is 5.63. The number of nitrogens with zero attached hydrogens (tertiary/aromatic N) is 1. The van der Waals surface area contributed by atoms with Crippen LogP contribution in [0.4, 0.5) is 10.1 Å². The molecule has 0 unspecified atom stereocenters. The lowest BCUT2D eigenvalue weighted by Crippen LogP contribution is -2.28. The number of carbonyl (C=O) groups excluding carboxylic acids is 1. The smallest absolute Gasteiger partial charge is 0.237 e. The van der Waals surface area contributed by atoms with Crippen molar-refractivity contribution in [2.24, 2.45) is 0 Å². The Bertz CT molecular complexity index is 482. The average Bonchev–Trinajstić information content (AvgIpc) is 2.91. The van der Waals surface area contributed by atoms with Crippen LogP contribution in [0.2, 0.25) is 0 Å². The number of hydrogen-bond acceptors (Lipinski definition) is 1. The number of fused-ring (bicyclic) bond motifs is 2. The molecule has 78 valence electrons. The van der Waals surface area contributed by atoms with Gasteiger partial charge in [0, 0.05) is 17.1 Å². The molecule has 1 aliphatic carbocycles. The van der Waals surface area contributed by atoms with Gasteiger partial charge < -0.3 is 4.90 Å². The second-order valence-corrected chi connectivity index (χ2v) is 5.14. The molecule has 1 fully saturated rings. The maximum atomic E-state index is 13.8. The maximum absolute atomic E-state index is 13.8. The standard InChI is InChI=1S/C11H9BrFNO/c1-14-8-5-6(12)4-7(13)9(8)11(2-3-11)10(14)15/h4-5H,2-3H2,1H3. The molecule has 2 nitrogen and oxygen atoms in total. The van der Waals surface area contributed by atoms with Crippen LogP contribution in [0.5, 0.6) is 0 Å². The van der Waals surface area contributed by atoms with Gasteiger partial charge in [-0.1, -0.05) is 15.9 Å². The summed E-state index contributed by atoms with van der Waals surface area (Å²) >= 11 is 3.24. The lowest BCUT2D eigenvalue weighted by Gasteiger charge is -2.10. The van der Waals surface area contributed by atoms with Crippen LogP contribution in [0, 0.1) is 5.82 Å². The molecule has 0 radical (unpaired) electrons. The molecule has 1 aromatic carbocycles. The molecule has 1 saturated carbocycles. The zero-order valence-corrected chi connectivity index (χ0v) is 9.77. The van der Waals surface area contributed by atoms with Crippen molar-refractivity contribution in [1.82, 2.24) is 0 Å². The second-order valence-electron chi connectivity index (χ2n) is 4.23. The van der Waals surface area contributed by atoms with Crippen molar-refractivity contribution in [3.63, 3.8) is 0 Å². The quantitative estimate of drug-likeness (QED) is 0.709. The Morgan fingerprint density at radius 3 is 2.73 bits per heavy atom. The fourth-order valence-corrected chi connectivity index (χ4v) is 2.84. The summed E-state index contributed by atoms with van der Waals surface area (Å²) in [6, 6.07) is 3.24. The number of anilines is 1. The topological polar surface area (TPSA) is 20.3 Å². The fraction of sp³-hybridized carbons (Fsp3) is 0.364. The lowest BCUT2D eigenvalue weighted by molar-refractivity contribution is -0.119. The van der Waals surface area contributed by atoms with E-state index in [0.717, 1.165) is 12.8 Å². The van der Waals surface area contributed by atoms with E-state index < -0.39 is 5.41 Å². The predicted molar refractivity (Wildman–Crippen MR) is 58.4 cm³/mol. The molecule has 1 aromatic rings. The SMILES string of the molecule is CN1C(=O)C2(CC2)c2c(F)cc(Br)cc21. The molecule has 0 N–H and O–H groups in total. The molecule has 1 aliphatic heterocycles. The van der Waals surface area contributed by atoms with Crippen molar-refractivity contribution in [2.75, 3.05) is 11.9 Å². The highest BCUT2D eigenvalue weighted by molar-refractivity contribution is 9.10. The monoisotopic (exact) mass is 269 g/mol. The highest BCUT2D eigenvalue weighted by atomic mass is 79.9. The summed E-state index contributed by atoms with van der Waals surface area (Å²) in [6.07, 6.45) is 1.56. The van der Waals surface area contributed by atoms with Crippen LogP contribution in [0.25, 0.3) is 0 Å². The minimum Gasteiger partial charge on any atom is -0.314 e. The van der Waals surface area contributed by atoms with E-state index in [0.29, 0.717) is 15.7 Å². The van der Waals surface area contributed by atoms with Crippen molar-refractivity contribution >= 4 is 27.5 Å². The lowest BCUT2D eigenvalue weighted by atomic mass is 9.97. The van der Waals surface area contributed by atoms with Crippen LogP contribution >= 0.6 is 15.9 Å². The third-order valence-electron chi connectivity index (χ3n) is 3.34. The van der Waals surface area contributed by atoms with E-state index in [9.17, 15) is 9.18 Å². The number of rotatable bonds is 0. The molecule has 1 spiro atoms. The molecule has 1 amide bonds. The Morgan fingerprint density at radius 2 is 2.13 bits per heavy atom. The van der Waals surface area contributed by atoms with Gasteiger partial charge in [0.2, 0.25) is 5.91 Å². The van der Waals surface area contributed by atoms with Crippen LogP contribution < -0.4 is 4.90 Å². The molecular formula is C11H9BrFNO. The minimum absolute atomic E-state index is 0.0366. The van der Waals surface area contributed by atoms with Gasteiger partial charge in [0.05, 0.1) is 11.1 Å². The van der Waals surface area contributed by atoms with E-state index >= 15 is 0 Å². The average molecular weight is 270 g/mol. The van der Waals surface area contributed by atoms with E-state index in [1.54, 1.807) is 11.9 Å². The molecular weight excluding hydrogens is 261 g/mol. The first kappa shape index (κ1) is 9.33. The van der Waals surface area contributed by atoms with E-state index in [-0.39, 0.29) is 11.7 Å². The summed E-state index contributed by atoms with van der Waals surface area (Å²) in [5.74, 6) is -0.232. The molecule has 1 heterocycles. The summed E-state index contributed by atoms with van der Waals surface area (Å²) < 4.78 is 14.5. The number of carbonyl (C=O) groups is 1. The Balaban J connectivity index is 2.32. The van der Waals surface area contributed by atoms with Gasteiger partial charge in [-0.2, -0.15) is 0 Å². The third kappa shape index (κ3) is 1.00. The zero-order valence-electron chi connectivity index (χ0n) is 8.18. The highest BCUT2D eigenvalue weighted by Gasteiger charge is 2.59. The number of likely N-dealkylation sites (N-methyl/N-ethyl adjacent to an activating group) is 1. The van der Waals surface area contributed by atoms with Crippen molar-refractivity contribution in [1.29, 1.82) is 0 Å². The minimum atomic E-state index is -0.519. The van der Waals surface area contributed by atoms with Crippen LogP contribution in [0.15, 0.2) is 16.6 Å². The molecule has 0 bridgehead atoms. The van der Waals surface area contributed by atoms with E-state index in [1.165, 1.54) is 6.07 Å². The van der Waals surface area contributed by atoms with Gasteiger partial charge >= 0.3 is 0 Å². The van der Waals surface area contributed by atoms with E-state index in [2.05, 4.69) is 15.9 Å². The van der Waals surface area contributed by atoms with Crippen LogP contribution in [0.3, 0.4) is 0 Å². The first-order valence-electron chi connectivity index (χ1n) is 4.84. The fourth-order valence-electron chi connectivity index (χ4n) is 2.42. The number of halogens is 2. The van der Waals surface area contributed by atoms with Gasteiger partial charge in [0.25, 0.3) is 0 Å². The Labute approximate surface area is 95.2 Å². The summed E-state index contributed by atoms with van der Waals surface area (Å²) in [5, 5.41) is 0. The Hall–Kier alpha value is -0.900. The molecule has 2 aliphatic rings. The van der Waals surface area contributed by atoms with Crippen LogP contribution in [0.1, 0.15) is 18.4 Å². The molecule has 3 rings (SSSR count). The zero-order chi connectivity index (χ0) is 10.8. The summed E-state index contributed by atoms with van der Waals surface area (Å²) in [7, 11) is 1.71. The van der Waals surface area contributed by atoms with Gasteiger partial charge in [-0.05, 0) is 25.0 Å². The Kier molecular flexibility index (Phi) is 1.63. The van der Waals surface area contributed by atoms with Crippen molar-refractivity contribution in [2.45, 2.75) is 18.3 Å². The number of hydrogen-bond donors (Lipinski definition) is 0.